The number of hydrogen-bond acceptors (Lipinski definition) is 5. The van der Waals surface area contributed by atoms with Crippen LogP contribution in [-0.4, -0.2) is 46.3 Å². The van der Waals surface area contributed by atoms with Gasteiger partial charge in [0.05, 0.1) is 0 Å². The van der Waals surface area contributed by atoms with Crippen LogP contribution in [0, 0.1) is 0 Å². The summed E-state index contributed by atoms with van der Waals surface area (Å²) in [5, 5.41) is 3.38. The number of esters is 1. The minimum atomic E-state index is -2.84. The van der Waals surface area contributed by atoms with Crippen LogP contribution in [0.15, 0.2) is 198 Å². The zero-order chi connectivity index (χ0) is 36.0. The van der Waals surface area contributed by atoms with Crippen LogP contribution in [0.25, 0.3) is 0 Å². The summed E-state index contributed by atoms with van der Waals surface area (Å²) in [5.41, 5.74) is 3.91. The van der Waals surface area contributed by atoms with Crippen LogP contribution in [0.1, 0.15) is 22.8 Å². The minimum absolute atomic E-state index is 0.193. The molecule has 5 nitrogen and oxygen atoms in total. The van der Waals surface area contributed by atoms with Crippen molar-refractivity contribution in [3.05, 3.63) is 210 Å². The van der Waals surface area contributed by atoms with Gasteiger partial charge in [0, 0.05) is 0 Å². The molecule has 1 saturated heterocycles. The summed E-state index contributed by atoms with van der Waals surface area (Å²) in [6, 6.07) is 60.8. The van der Waals surface area contributed by atoms with Crippen LogP contribution in [0.5, 0.6) is 0 Å². The first-order valence-electron chi connectivity index (χ1n) is 17.9. The van der Waals surface area contributed by atoms with Gasteiger partial charge in [-0.05, 0) is 0 Å². The van der Waals surface area contributed by atoms with Crippen LogP contribution in [-0.2, 0) is 14.3 Å². The standard InChI is InChI=1S/C46H39N2O3PS/c49-44-41(47-31-34-19-7-1-8-20-34)45-48(44)42(46(50)51-43(35-21-9-2-10-22-35)36-23-11-3-12-24-36)37(33-53-45)32-52(38-25-13-4-14-26-38,39-27-15-5-16-28-39)40-29-17-6-18-30-40/h1-31,41,43,45,52H,32-33H2/b47-31+/t41?,45-/m1/s1. The van der Waals surface area contributed by atoms with Crippen LogP contribution in [0.2, 0.25) is 0 Å². The Morgan fingerprint density at radius 2 is 1.11 bits per heavy atom. The van der Waals surface area contributed by atoms with Gasteiger partial charge in [-0.25, -0.2) is 0 Å². The Morgan fingerprint density at radius 3 is 1.58 bits per heavy atom. The number of carbonyl (C=O) groups is 2. The monoisotopic (exact) mass is 730 g/mol. The number of nitrogens with zero attached hydrogens (tertiary/aromatic N) is 2. The number of carbonyl (C=O) groups excluding carboxylic acids is 2. The molecule has 7 heteroatoms. The third-order valence-electron chi connectivity index (χ3n) is 10.1. The van der Waals surface area contributed by atoms with Gasteiger partial charge in [-0.3, -0.25) is 0 Å². The van der Waals surface area contributed by atoms with Crippen LogP contribution >= 0.6 is 19.0 Å². The molecule has 0 spiro atoms. The number of benzene rings is 6. The molecule has 262 valence electrons. The Morgan fingerprint density at radius 1 is 0.679 bits per heavy atom. The zero-order valence-electron chi connectivity index (χ0n) is 29.1. The molecule has 0 bridgehead atoms. The van der Waals surface area contributed by atoms with Gasteiger partial charge < -0.3 is 0 Å². The SMILES string of the molecule is O=C(OC(c1ccccc1)c1ccccc1)C1=C(C[PH](c2ccccc2)(c2ccccc2)c2ccccc2)CS[C@@H]2C(/N=C/c3ccccc3)C(=O)N12. The van der Waals surface area contributed by atoms with Crippen LogP contribution < -0.4 is 15.9 Å². The van der Waals surface area contributed by atoms with E-state index in [0.29, 0.717) is 17.6 Å². The predicted octanol–water partition coefficient (Wildman–Crippen LogP) is 7.70. The summed E-state index contributed by atoms with van der Waals surface area (Å²) in [5.74, 6) is -0.126. The van der Waals surface area contributed by atoms with Gasteiger partial charge in [-0.15, -0.1) is 0 Å². The third kappa shape index (κ3) is 6.89. The van der Waals surface area contributed by atoms with Gasteiger partial charge in [0.1, 0.15) is 0 Å². The Kier molecular flexibility index (Phi) is 10.2. The molecule has 0 N–H and O–H groups in total. The number of β-lactam (4-membered cyclic amide) rings is 1. The number of aliphatic imine (C=N–C) groups is 1. The van der Waals surface area contributed by atoms with E-state index in [-0.39, 0.29) is 11.3 Å². The van der Waals surface area contributed by atoms with Crippen molar-refractivity contribution in [3.63, 3.8) is 0 Å². The average Bonchev–Trinajstić information content (AvgIpc) is 3.23. The predicted molar refractivity (Wildman–Crippen MR) is 220 cm³/mol. The molecule has 8 rings (SSSR count). The first-order chi connectivity index (χ1) is 26.1. The number of fused-ring (bicyclic) bond motifs is 1. The average molecular weight is 731 g/mol. The van der Waals surface area contributed by atoms with E-state index in [1.54, 1.807) is 22.9 Å². The summed E-state index contributed by atoms with van der Waals surface area (Å²) in [4.78, 5) is 35.7. The first kappa shape index (κ1) is 34.5. The van der Waals surface area contributed by atoms with E-state index in [1.807, 2.05) is 109 Å². The quantitative estimate of drug-likeness (QED) is 0.0594. The van der Waals surface area contributed by atoms with Crippen molar-refractivity contribution in [1.82, 2.24) is 4.90 Å². The van der Waals surface area contributed by atoms with Crippen LogP contribution in [0.3, 0.4) is 0 Å². The maximum atomic E-state index is 15.0. The summed E-state index contributed by atoms with van der Waals surface area (Å²) >= 11 is 1.68. The van der Waals surface area contributed by atoms with Crippen molar-refractivity contribution in [2.24, 2.45) is 4.99 Å². The van der Waals surface area contributed by atoms with E-state index in [9.17, 15) is 9.59 Å². The second kappa shape index (κ2) is 15.6. The number of amides is 1. The van der Waals surface area contributed by atoms with Crippen molar-refractivity contribution in [2.75, 3.05) is 11.9 Å². The molecule has 1 unspecified atom stereocenters. The molecule has 6 aromatic carbocycles. The van der Waals surface area contributed by atoms with E-state index in [2.05, 4.69) is 72.8 Å². The molecule has 0 aromatic heterocycles. The van der Waals surface area contributed by atoms with Crippen molar-refractivity contribution in [1.29, 1.82) is 0 Å². The molecular formula is C46H39N2O3PS. The normalized spacial score (nSPS) is 17.4. The molecule has 6 aromatic rings. The van der Waals surface area contributed by atoms with Gasteiger partial charge >= 0.3 is 317 Å². The van der Waals surface area contributed by atoms with Gasteiger partial charge in [0.25, 0.3) is 0 Å². The maximum absolute atomic E-state index is 15.0. The van der Waals surface area contributed by atoms with Crippen molar-refractivity contribution in [3.8, 4) is 0 Å². The molecule has 0 radical (unpaired) electrons. The molecule has 1 fully saturated rings. The fourth-order valence-corrected chi connectivity index (χ4v) is 13.9. The van der Waals surface area contributed by atoms with Gasteiger partial charge in [0.15, 0.2) is 0 Å². The van der Waals surface area contributed by atoms with Gasteiger partial charge in [-0.2, -0.15) is 0 Å². The van der Waals surface area contributed by atoms with Gasteiger partial charge in [0.2, 0.25) is 0 Å². The summed E-state index contributed by atoms with van der Waals surface area (Å²) in [6.45, 7) is 0. The molecule has 2 atom stereocenters. The van der Waals surface area contributed by atoms with Gasteiger partial charge in [-0.1, -0.05) is 0 Å². The molecule has 0 saturated carbocycles. The zero-order valence-corrected chi connectivity index (χ0v) is 30.9. The van der Waals surface area contributed by atoms with Crippen molar-refractivity contribution >= 4 is 53.0 Å². The number of hydrogen-bond donors (Lipinski definition) is 0. The molecule has 2 aliphatic heterocycles. The third-order valence-corrected chi connectivity index (χ3v) is 16.3. The molecule has 1 amide bonds. The molecule has 0 aliphatic carbocycles. The van der Waals surface area contributed by atoms with E-state index >= 15 is 0 Å². The second-order valence-electron chi connectivity index (χ2n) is 13.3. The number of thioether (sulfide) groups is 1. The molecule has 2 heterocycles. The van der Waals surface area contributed by atoms with E-state index in [0.717, 1.165) is 22.3 Å². The molecule has 2 aliphatic rings. The van der Waals surface area contributed by atoms with Crippen molar-refractivity contribution < 1.29 is 14.3 Å². The summed E-state index contributed by atoms with van der Waals surface area (Å²) in [7, 11) is -2.84. The van der Waals surface area contributed by atoms with Crippen molar-refractivity contribution in [2.45, 2.75) is 17.5 Å². The Bertz CT molecular complexity index is 2100. The first-order valence-corrected chi connectivity index (χ1v) is 21.1. The fourth-order valence-electron chi connectivity index (χ4n) is 7.54. The molecule has 53 heavy (non-hydrogen) atoms. The van der Waals surface area contributed by atoms with Crippen LogP contribution in [0.4, 0.5) is 0 Å². The Balaban J connectivity index is 1.27. The summed E-state index contributed by atoms with van der Waals surface area (Å²) < 4.78 is 6.57. The molecular weight excluding hydrogens is 692 g/mol. The summed E-state index contributed by atoms with van der Waals surface area (Å²) in [6.07, 6.45) is 1.70. The topological polar surface area (TPSA) is 59.0 Å². The van der Waals surface area contributed by atoms with E-state index < -0.39 is 25.4 Å². The fraction of sp³-hybridized carbons (Fsp3) is 0.109. The number of ether oxygens (including phenoxy) is 1. The van der Waals surface area contributed by atoms with E-state index in [1.165, 1.54) is 15.9 Å². The Hall–Kier alpha value is -5.55. The van der Waals surface area contributed by atoms with E-state index in [4.69, 9.17) is 9.73 Å². The Labute approximate surface area is 315 Å². The number of rotatable bonds is 11. The second-order valence-corrected chi connectivity index (χ2v) is 18.3.